The summed E-state index contributed by atoms with van der Waals surface area (Å²) < 4.78 is 7.38. The molecule has 0 N–H and O–H groups in total. The normalized spacial score (nSPS) is 10.7. The van der Waals surface area contributed by atoms with E-state index >= 15 is 0 Å². The van der Waals surface area contributed by atoms with Gasteiger partial charge in [-0.3, -0.25) is 0 Å². The van der Waals surface area contributed by atoms with Gasteiger partial charge < -0.3 is 4.42 Å². The fraction of sp³-hybridized carbons (Fsp3) is 0. The lowest BCUT2D eigenvalue weighted by atomic mass is 10.3. The number of fused-ring (bicyclic) bond motifs is 1. The zero-order chi connectivity index (χ0) is 7.84. The first-order chi connectivity index (χ1) is 5.25. The summed E-state index contributed by atoms with van der Waals surface area (Å²) >= 11 is 5.54. The Morgan fingerprint density at radius 2 is 2.09 bits per heavy atom. The molecule has 0 amide bonds. The van der Waals surface area contributed by atoms with Crippen LogP contribution in [0.1, 0.15) is 0 Å². The van der Waals surface area contributed by atoms with Gasteiger partial charge in [-0.05, 0) is 46.9 Å². The van der Waals surface area contributed by atoms with Gasteiger partial charge in [0.15, 0.2) is 3.77 Å². The molecule has 56 valence electrons. The molecular formula is C8H4BrIO. The molecule has 1 nitrogen and oxygen atoms in total. The molecule has 0 spiro atoms. The van der Waals surface area contributed by atoms with Crippen LogP contribution in [-0.4, -0.2) is 0 Å². The molecule has 0 radical (unpaired) electrons. The maximum Gasteiger partial charge on any atom is 0.165 e. The Labute approximate surface area is 86.0 Å². The monoisotopic (exact) mass is 322 g/mol. The summed E-state index contributed by atoms with van der Waals surface area (Å²) in [6.07, 6.45) is 0. The minimum atomic E-state index is 0.927. The van der Waals surface area contributed by atoms with E-state index in [1.54, 1.807) is 0 Å². The van der Waals surface area contributed by atoms with E-state index in [1.807, 2.05) is 24.3 Å². The van der Waals surface area contributed by atoms with E-state index in [1.165, 1.54) is 0 Å². The maximum atomic E-state index is 5.41. The van der Waals surface area contributed by atoms with Gasteiger partial charge in [0.2, 0.25) is 0 Å². The third kappa shape index (κ3) is 1.44. The van der Waals surface area contributed by atoms with Crippen molar-refractivity contribution in [2.75, 3.05) is 0 Å². The van der Waals surface area contributed by atoms with Crippen molar-refractivity contribution < 1.29 is 4.42 Å². The van der Waals surface area contributed by atoms with Crippen molar-refractivity contribution >= 4 is 49.5 Å². The largest absolute Gasteiger partial charge is 0.450 e. The SMILES string of the molecule is Brc1ccc2cc(I)oc2c1. The predicted octanol–water partition coefficient (Wildman–Crippen LogP) is 3.80. The molecule has 1 heterocycles. The molecular weight excluding hydrogens is 319 g/mol. The Bertz CT molecular complexity index is 394. The molecule has 1 aromatic carbocycles. The smallest absolute Gasteiger partial charge is 0.165 e. The quantitative estimate of drug-likeness (QED) is 0.672. The number of hydrogen-bond donors (Lipinski definition) is 0. The first-order valence-electron chi connectivity index (χ1n) is 3.10. The molecule has 11 heavy (non-hydrogen) atoms. The predicted molar refractivity (Wildman–Crippen MR) is 56.6 cm³/mol. The molecule has 1 aromatic heterocycles. The molecule has 2 rings (SSSR count). The van der Waals surface area contributed by atoms with E-state index in [0.29, 0.717) is 0 Å². The Balaban J connectivity index is 2.82. The highest BCUT2D eigenvalue weighted by Gasteiger charge is 1.99. The van der Waals surface area contributed by atoms with Crippen molar-refractivity contribution in [2.24, 2.45) is 0 Å². The highest BCUT2D eigenvalue weighted by atomic mass is 127. The third-order valence-corrected chi connectivity index (χ3v) is 2.48. The highest BCUT2D eigenvalue weighted by Crippen LogP contribution is 2.23. The van der Waals surface area contributed by atoms with E-state index in [-0.39, 0.29) is 0 Å². The van der Waals surface area contributed by atoms with Gasteiger partial charge in [0.1, 0.15) is 5.58 Å². The second-order valence-corrected chi connectivity index (χ2v) is 4.21. The average molecular weight is 323 g/mol. The van der Waals surface area contributed by atoms with E-state index in [2.05, 4.69) is 38.5 Å². The van der Waals surface area contributed by atoms with Crippen molar-refractivity contribution in [3.8, 4) is 0 Å². The lowest BCUT2D eigenvalue weighted by molar-refractivity contribution is 0.584. The van der Waals surface area contributed by atoms with E-state index in [9.17, 15) is 0 Å². The molecule has 0 unspecified atom stereocenters. The van der Waals surface area contributed by atoms with Crippen LogP contribution in [0, 0.1) is 3.77 Å². The number of furan rings is 1. The molecule has 0 atom stereocenters. The number of rotatable bonds is 0. The fourth-order valence-corrected chi connectivity index (χ4v) is 1.89. The standard InChI is InChI=1S/C8H4BrIO/c9-6-2-1-5-3-8(10)11-7(5)4-6/h1-4H. The van der Waals surface area contributed by atoms with Crippen molar-refractivity contribution in [3.63, 3.8) is 0 Å². The summed E-state index contributed by atoms with van der Waals surface area (Å²) in [5.74, 6) is 0. The van der Waals surface area contributed by atoms with Crippen LogP contribution in [0.3, 0.4) is 0 Å². The minimum absolute atomic E-state index is 0.927. The molecule has 0 aliphatic heterocycles. The van der Waals surface area contributed by atoms with Crippen LogP contribution in [0.2, 0.25) is 0 Å². The molecule has 3 heteroatoms. The molecule has 0 fully saturated rings. The van der Waals surface area contributed by atoms with E-state index in [0.717, 1.165) is 19.2 Å². The van der Waals surface area contributed by atoms with Crippen molar-refractivity contribution in [1.82, 2.24) is 0 Å². The van der Waals surface area contributed by atoms with Crippen LogP contribution in [0.4, 0.5) is 0 Å². The van der Waals surface area contributed by atoms with Gasteiger partial charge in [-0.25, -0.2) is 0 Å². The van der Waals surface area contributed by atoms with Crippen LogP contribution in [0.15, 0.2) is 33.2 Å². The summed E-state index contributed by atoms with van der Waals surface area (Å²) in [5.41, 5.74) is 0.934. The zero-order valence-corrected chi connectivity index (χ0v) is 9.22. The molecule has 0 bridgehead atoms. The van der Waals surface area contributed by atoms with Crippen LogP contribution >= 0.6 is 38.5 Å². The van der Waals surface area contributed by atoms with Crippen LogP contribution in [0.5, 0.6) is 0 Å². The van der Waals surface area contributed by atoms with Crippen LogP contribution < -0.4 is 0 Å². The summed E-state index contributed by atoms with van der Waals surface area (Å²) in [6, 6.07) is 8.03. The van der Waals surface area contributed by atoms with Gasteiger partial charge in [-0.1, -0.05) is 15.9 Å². The minimum Gasteiger partial charge on any atom is -0.450 e. The van der Waals surface area contributed by atoms with Gasteiger partial charge in [-0.15, -0.1) is 0 Å². The Hall–Kier alpha value is -0.0300. The molecule has 0 saturated heterocycles. The van der Waals surface area contributed by atoms with Crippen molar-refractivity contribution in [3.05, 3.63) is 32.5 Å². The zero-order valence-electron chi connectivity index (χ0n) is 5.47. The van der Waals surface area contributed by atoms with E-state index in [4.69, 9.17) is 4.42 Å². The molecule has 0 aliphatic rings. The number of benzene rings is 1. The fourth-order valence-electron chi connectivity index (χ4n) is 0.973. The Kier molecular flexibility index (Phi) is 1.93. The second-order valence-electron chi connectivity index (χ2n) is 2.23. The van der Waals surface area contributed by atoms with Gasteiger partial charge in [-0.2, -0.15) is 0 Å². The van der Waals surface area contributed by atoms with E-state index < -0.39 is 0 Å². The number of halogens is 2. The molecule has 2 aromatic rings. The maximum absolute atomic E-state index is 5.41. The van der Waals surface area contributed by atoms with Crippen LogP contribution in [-0.2, 0) is 0 Å². The summed E-state index contributed by atoms with van der Waals surface area (Å²) in [6.45, 7) is 0. The first kappa shape index (κ1) is 7.61. The summed E-state index contributed by atoms with van der Waals surface area (Å²) in [7, 11) is 0. The third-order valence-electron chi connectivity index (χ3n) is 1.45. The van der Waals surface area contributed by atoms with Gasteiger partial charge in [0, 0.05) is 9.86 Å². The summed E-state index contributed by atoms with van der Waals surface area (Å²) in [4.78, 5) is 0. The Morgan fingerprint density at radius 3 is 2.91 bits per heavy atom. The lowest BCUT2D eigenvalue weighted by Gasteiger charge is -1.87. The lowest BCUT2D eigenvalue weighted by Crippen LogP contribution is -1.62. The van der Waals surface area contributed by atoms with Crippen LogP contribution in [0.25, 0.3) is 11.0 Å². The van der Waals surface area contributed by atoms with Crippen molar-refractivity contribution in [2.45, 2.75) is 0 Å². The van der Waals surface area contributed by atoms with Gasteiger partial charge in [0.25, 0.3) is 0 Å². The van der Waals surface area contributed by atoms with Gasteiger partial charge >= 0.3 is 0 Å². The summed E-state index contributed by atoms with van der Waals surface area (Å²) in [5, 5.41) is 1.15. The second kappa shape index (κ2) is 2.79. The highest BCUT2D eigenvalue weighted by molar-refractivity contribution is 14.1. The first-order valence-corrected chi connectivity index (χ1v) is 4.97. The number of hydrogen-bond acceptors (Lipinski definition) is 1. The topological polar surface area (TPSA) is 13.1 Å². The van der Waals surface area contributed by atoms with Gasteiger partial charge in [0.05, 0.1) is 0 Å². The van der Waals surface area contributed by atoms with Crippen molar-refractivity contribution in [1.29, 1.82) is 0 Å². The molecule has 0 aliphatic carbocycles. The average Bonchev–Trinajstić information content (AvgIpc) is 2.27. The Morgan fingerprint density at radius 1 is 1.27 bits per heavy atom. The molecule has 0 saturated carbocycles.